The summed E-state index contributed by atoms with van der Waals surface area (Å²) in [6, 6.07) is 4.34. The predicted molar refractivity (Wildman–Crippen MR) is 107 cm³/mol. The molecule has 3 aromatic rings. The van der Waals surface area contributed by atoms with Crippen LogP contribution in [0.15, 0.2) is 22.7 Å². The standard InChI is InChI=1S/C19H21FN6O2S/c1-3-16-21-17(25-28-16)12-7-8-14(13(20)10-12)26-9-5-4-6-15(26)18(27)22-19-24-23-11(2)29-19/h7-8,10,15H,3-6,9H2,1-2H3,(H,22,24,27). The van der Waals surface area contributed by atoms with Gasteiger partial charge in [0.1, 0.15) is 16.9 Å². The molecule has 1 aliphatic rings. The Morgan fingerprint density at radius 1 is 1.38 bits per heavy atom. The first kappa shape index (κ1) is 19.4. The van der Waals surface area contributed by atoms with Crippen molar-refractivity contribution in [2.75, 3.05) is 16.8 Å². The number of hydrogen-bond acceptors (Lipinski definition) is 8. The summed E-state index contributed by atoms with van der Waals surface area (Å²) in [5.41, 5.74) is 0.929. The molecule has 1 atom stereocenters. The van der Waals surface area contributed by atoms with Gasteiger partial charge in [0, 0.05) is 18.5 Å². The van der Waals surface area contributed by atoms with Gasteiger partial charge in [-0.2, -0.15) is 4.98 Å². The van der Waals surface area contributed by atoms with E-state index in [1.54, 1.807) is 12.1 Å². The van der Waals surface area contributed by atoms with Crippen LogP contribution in [0.1, 0.15) is 37.1 Å². The molecule has 0 saturated carbocycles. The topological polar surface area (TPSA) is 97.0 Å². The molecule has 1 aromatic carbocycles. The molecule has 10 heteroatoms. The number of anilines is 2. The van der Waals surface area contributed by atoms with E-state index in [-0.39, 0.29) is 5.91 Å². The van der Waals surface area contributed by atoms with Crippen LogP contribution < -0.4 is 10.2 Å². The van der Waals surface area contributed by atoms with Crippen LogP contribution in [0, 0.1) is 12.7 Å². The van der Waals surface area contributed by atoms with E-state index in [1.165, 1.54) is 17.4 Å². The van der Waals surface area contributed by atoms with Crippen LogP contribution in [0.5, 0.6) is 0 Å². The molecule has 2 aromatic heterocycles. The summed E-state index contributed by atoms with van der Waals surface area (Å²) in [5.74, 6) is 0.239. The largest absolute Gasteiger partial charge is 0.357 e. The SMILES string of the molecule is CCc1nc(-c2ccc(N3CCCCC3C(=O)Nc3nnc(C)s3)c(F)c2)no1. The van der Waals surface area contributed by atoms with Gasteiger partial charge in [-0.05, 0) is 44.4 Å². The molecule has 1 saturated heterocycles. The van der Waals surface area contributed by atoms with Crippen LogP contribution in [0.4, 0.5) is 15.2 Å². The summed E-state index contributed by atoms with van der Waals surface area (Å²) < 4.78 is 20.1. The van der Waals surface area contributed by atoms with Gasteiger partial charge >= 0.3 is 0 Å². The highest BCUT2D eigenvalue weighted by Crippen LogP contribution is 2.31. The summed E-state index contributed by atoms with van der Waals surface area (Å²) in [5, 5.41) is 15.8. The van der Waals surface area contributed by atoms with Crippen molar-refractivity contribution in [1.29, 1.82) is 0 Å². The van der Waals surface area contributed by atoms with Crippen molar-refractivity contribution in [3.63, 3.8) is 0 Å². The normalized spacial score (nSPS) is 16.8. The lowest BCUT2D eigenvalue weighted by atomic mass is 10.00. The number of carbonyl (C=O) groups excluding carboxylic acids is 1. The number of nitrogens with one attached hydrogen (secondary N) is 1. The fourth-order valence-electron chi connectivity index (χ4n) is 3.42. The number of carbonyl (C=O) groups is 1. The molecule has 1 fully saturated rings. The predicted octanol–water partition coefficient (Wildman–Crippen LogP) is 3.60. The van der Waals surface area contributed by atoms with Crippen molar-refractivity contribution in [1.82, 2.24) is 20.3 Å². The van der Waals surface area contributed by atoms with Crippen molar-refractivity contribution >= 4 is 28.1 Å². The van der Waals surface area contributed by atoms with Gasteiger partial charge in [0.25, 0.3) is 0 Å². The highest BCUT2D eigenvalue weighted by Gasteiger charge is 2.31. The number of piperidine rings is 1. The Bertz CT molecular complexity index is 1020. The molecule has 3 heterocycles. The number of aromatic nitrogens is 4. The summed E-state index contributed by atoms with van der Waals surface area (Å²) in [7, 11) is 0. The number of rotatable bonds is 5. The summed E-state index contributed by atoms with van der Waals surface area (Å²) in [6.07, 6.45) is 3.07. The third-order valence-corrected chi connectivity index (χ3v) is 5.60. The minimum atomic E-state index is -0.467. The maximum atomic E-state index is 15.0. The summed E-state index contributed by atoms with van der Waals surface area (Å²) in [6.45, 7) is 4.33. The zero-order valence-electron chi connectivity index (χ0n) is 16.2. The van der Waals surface area contributed by atoms with Crippen molar-refractivity contribution in [3.05, 3.63) is 34.9 Å². The van der Waals surface area contributed by atoms with Gasteiger partial charge in [0.2, 0.25) is 22.8 Å². The second kappa shape index (κ2) is 8.24. The van der Waals surface area contributed by atoms with Crippen LogP contribution in [0.2, 0.25) is 0 Å². The van der Waals surface area contributed by atoms with E-state index in [4.69, 9.17) is 4.52 Å². The molecule has 1 aliphatic heterocycles. The lowest BCUT2D eigenvalue weighted by Crippen LogP contribution is -2.47. The van der Waals surface area contributed by atoms with Crippen LogP contribution in [-0.2, 0) is 11.2 Å². The molecule has 0 radical (unpaired) electrons. The molecule has 0 bridgehead atoms. The highest BCUT2D eigenvalue weighted by atomic mass is 32.1. The van der Waals surface area contributed by atoms with E-state index in [1.807, 2.05) is 18.7 Å². The average molecular weight is 416 g/mol. The number of halogens is 1. The van der Waals surface area contributed by atoms with Crippen molar-refractivity contribution in [3.8, 4) is 11.4 Å². The van der Waals surface area contributed by atoms with E-state index in [0.29, 0.717) is 47.5 Å². The van der Waals surface area contributed by atoms with Gasteiger partial charge in [-0.15, -0.1) is 10.2 Å². The molecule has 0 spiro atoms. The van der Waals surface area contributed by atoms with Crippen LogP contribution >= 0.6 is 11.3 Å². The quantitative estimate of drug-likeness (QED) is 0.679. The maximum Gasteiger partial charge on any atom is 0.248 e. The summed E-state index contributed by atoms with van der Waals surface area (Å²) >= 11 is 1.31. The Morgan fingerprint density at radius 3 is 2.93 bits per heavy atom. The van der Waals surface area contributed by atoms with E-state index < -0.39 is 11.9 Å². The monoisotopic (exact) mass is 416 g/mol. The number of benzene rings is 1. The fourth-order valence-corrected chi connectivity index (χ4v) is 4.02. The molecule has 1 N–H and O–H groups in total. The average Bonchev–Trinajstić information content (AvgIpc) is 3.37. The van der Waals surface area contributed by atoms with Crippen molar-refractivity contribution < 1.29 is 13.7 Å². The molecular formula is C19H21FN6O2S. The molecule has 152 valence electrons. The lowest BCUT2D eigenvalue weighted by Gasteiger charge is -2.36. The number of amides is 1. The van der Waals surface area contributed by atoms with E-state index >= 15 is 0 Å². The second-order valence-corrected chi connectivity index (χ2v) is 8.03. The Kier molecular flexibility index (Phi) is 5.52. The van der Waals surface area contributed by atoms with Crippen molar-refractivity contribution in [2.24, 2.45) is 0 Å². The first-order chi connectivity index (χ1) is 14.0. The van der Waals surface area contributed by atoms with Gasteiger partial charge in [0.15, 0.2) is 0 Å². The van der Waals surface area contributed by atoms with Gasteiger partial charge in [-0.25, -0.2) is 4.39 Å². The van der Waals surface area contributed by atoms with Crippen LogP contribution in [0.3, 0.4) is 0 Å². The van der Waals surface area contributed by atoms with Gasteiger partial charge in [-0.1, -0.05) is 23.4 Å². The molecule has 0 aliphatic carbocycles. The second-order valence-electron chi connectivity index (χ2n) is 6.85. The smallest absolute Gasteiger partial charge is 0.248 e. The van der Waals surface area contributed by atoms with Gasteiger partial charge in [-0.3, -0.25) is 10.1 Å². The fraction of sp³-hybridized carbons (Fsp3) is 0.421. The van der Waals surface area contributed by atoms with Crippen molar-refractivity contribution in [2.45, 2.75) is 45.6 Å². The van der Waals surface area contributed by atoms with Crippen LogP contribution in [-0.4, -0.2) is 38.8 Å². The first-order valence-electron chi connectivity index (χ1n) is 9.55. The van der Waals surface area contributed by atoms with E-state index in [9.17, 15) is 9.18 Å². The third kappa shape index (κ3) is 4.12. The van der Waals surface area contributed by atoms with Gasteiger partial charge in [0.05, 0.1) is 5.69 Å². The van der Waals surface area contributed by atoms with Crippen LogP contribution in [0.25, 0.3) is 11.4 Å². The number of hydrogen-bond donors (Lipinski definition) is 1. The Balaban J connectivity index is 1.56. The number of nitrogens with zero attached hydrogens (tertiary/aromatic N) is 5. The minimum absolute atomic E-state index is 0.199. The zero-order valence-corrected chi connectivity index (χ0v) is 17.0. The minimum Gasteiger partial charge on any atom is -0.357 e. The first-order valence-corrected chi connectivity index (χ1v) is 10.4. The highest BCUT2D eigenvalue weighted by molar-refractivity contribution is 7.15. The zero-order chi connectivity index (χ0) is 20.4. The Hall–Kier alpha value is -2.88. The third-order valence-electron chi connectivity index (χ3n) is 4.85. The van der Waals surface area contributed by atoms with E-state index in [0.717, 1.165) is 17.8 Å². The van der Waals surface area contributed by atoms with Gasteiger partial charge < -0.3 is 9.42 Å². The molecule has 29 heavy (non-hydrogen) atoms. The molecule has 1 amide bonds. The Labute approximate surface area is 171 Å². The lowest BCUT2D eigenvalue weighted by molar-refractivity contribution is -0.117. The summed E-state index contributed by atoms with van der Waals surface area (Å²) in [4.78, 5) is 18.9. The number of aryl methyl sites for hydroxylation is 2. The molecule has 4 rings (SSSR count). The molecule has 8 nitrogen and oxygen atoms in total. The maximum absolute atomic E-state index is 15.0. The molecular weight excluding hydrogens is 395 g/mol. The molecule has 1 unspecified atom stereocenters. The Morgan fingerprint density at radius 2 is 2.24 bits per heavy atom. The van der Waals surface area contributed by atoms with E-state index in [2.05, 4.69) is 25.7 Å².